The average Bonchev–Trinajstić information content (AvgIpc) is 2.65. The van der Waals surface area contributed by atoms with E-state index in [0.29, 0.717) is 24.7 Å². The van der Waals surface area contributed by atoms with Crippen molar-refractivity contribution < 1.29 is 27.4 Å². The maximum Gasteiger partial charge on any atom is 0.418 e. The first-order chi connectivity index (χ1) is 12.8. The lowest BCUT2D eigenvalue weighted by Crippen LogP contribution is -2.30. The lowest BCUT2D eigenvalue weighted by atomic mass is 10.1. The standard InChI is InChI=1S/C19H19F3N2O3/c1-12(13-6-7-16-17(10-13)27-9-8-26-16)23-11-18(25)24-15-5-3-2-4-14(15)19(20,21)22/h2-7,10,12,23H,8-9,11H2,1H3,(H,24,25)/t12-/m0/s1. The molecule has 0 spiro atoms. The number of amides is 1. The third-order valence-corrected chi connectivity index (χ3v) is 4.14. The van der Waals surface area contributed by atoms with E-state index >= 15 is 0 Å². The van der Waals surface area contributed by atoms with E-state index in [1.165, 1.54) is 18.2 Å². The van der Waals surface area contributed by atoms with Crippen molar-refractivity contribution in [3.05, 3.63) is 53.6 Å². The van der Waals surface area contributed by atoms with Crippen LogP contribution in [-0.2, 0) is 11.0 Å². The van der Waals surface area contributed by atoms with Gasteiger partial charge < -0.3 is 20.1 Å². The molecule has 0 saturated carbocycles. The van der Waals surface area contributed by atoms with Crippen LogP contribution in [0.15, 0.2) is 42.5 Å². The second-order valence-corrected chi connectivity index (χ2v) is 6.10. The minimum atomic E-state index is -4.53. The van der Waals surface area contributed by atoms with Gasteiger partial charge >= 0.3 is 6.18 Å². The molecule has 5 nitrogen and oxygen atoms in total. The zero-order valence-electron chi connectivity index (χ0n) is 14.6. The SMILES string of the molecule is C[C@H](NCC(=O)Nc1ccccc1C(F)(F)F)c1ccc2c(c1)OCCO2. The van der Waals surface area contributed by atoms with Crippen LogP contribution in [0.25, 0.3) is 0 Å². The molecule has 0 fully saturated rings. The Morgan fingerprint density at radius 1 is 1.11 bits per heavy atom. The van der Waals surface area contributed by atoms with Crippen molar-refractivity contribution in [1.82, 2.24) is 5.32 Å². The van der Waals surface area contributed by atoms with Gasteiger partial charge in [0, 0.05) is 6.04 Å². The molecule has 2 aromatic rings. The van der Waals surface area contributed by atoms with Gasteiger partial charge in [-0.15, -0.1) is 0 Å². The molecule has 0 saturated heterocycles. The van der Waals surface area contributed by atoms with Gasteiger partial charge in [0.05, 0.1) is 17.8 Å². The molecule has 27 heavy (non-hydrogen) atoms. The summed E-state index contributed by atoms with van der Waals surface area (Å²) in [5.41, 5.74) is -0.259. The quantitative estimate of drug-likeness (QED) is 0.829. The minimum Gasteiger partial charge on any atom is -0.486 e. The van der Waals surface area contributed by atoms with E-state index in [1.807, 2.05) is 19.1 Å². The van der Waals surface area contributed by atoms with E-state index in [9.17, 15) is 18.0 Å². The fourth-order valence-electron chi connectivity index (χ4n) is 2.73. The predicted molar refractivity (Wildman–Crippen MR) is 93.9 cm³/mol. The Hall–Kier alpha value is -2.74. The van der Waals surface area contributed by atoms with Crippen LogP contribution in [-0.4, -0.2) is 25.7 Å². The number of benzene rings is 2. The molecule has 3 rings (SSSR count). The predicted octanol–water partition coefficient (Wildman–Crippen LogP) is 3.77. The van der Waals surface area contributed by atoms with Crippen LogP contribution < -0.4 is 20.1 Å². The minimum absolute atomic E-state index is 0.137. The number of rotatable bonds is 5. The number of alkyl halides is 3. The first kappa shape index (κ1) is 19.0. The van der Waals surface area contributed by atoms with Gasteiger partial charge in [-0.2, -0.15) is 13.2 Å². The summed E-state index contributed by atoms with van der Waals surface area (Å²) >= 11 is 0. The van der Waals surface area contributed by atoms with Crippen LogP contribution >= 0.6 is 0 Å². The summed E-state index contributed by atoms with van der Waals surface area (Å²) < 4.78 is 49.9. The van der Waals surface area contributed by atoms with Gasteiger partial charge in [-0.05, 0) is 36.8 Å². The lowest BCUT2D eigenvalue weighted by molar-refractivity contribution is -0.137. The molecule has 1 heterocycles. The summed E-state index contributed by atoms with van der Waals surface area (Å²) in [6.07, 6.45) is -4.53. The number of hydrogen-bond acceptors (Lipinski definition) is 4. The largest absolute Gasteiger partial charge is 0.486 e. The van der Waals surface area contributed by atoms with Crippen molar-refractivity contribution >= 4 is 11.6 Å². The molecule has 2 N–H and O–H groups in total. The molecule has 8 heteroatoms. The summed E-state index contributed by atoms with van der Waals surface area (Å²) in [5.74, 6) is 0.741. The summed E-state index contributed by atoms with van der Waals surface area (Å²) in [6.45, 7) is 2.68. The highest BCUT2D eigenvalue weighted by Gasteiger charge is 2.33. The maximum atomic E-state index is 13.0. The van der Waals surface area contributed by atoms with Gasteiger partial charge in [-0.25, -0.2) is 0 Å². The van der Waals surface area contributed by atoms with Crippen molar-refractivity contribution in [3.63, 3.8) is 0 Å². The van der Waals surface area contributed by atoms with E-state index in [-0.39, 0.29) is 18.3 Å². The Bertz CT molecular complexity index is 824. The number of ether oxygens (including phenoxy) is 2. The number of halogens is 3. The molecular formula is C19H19F3N2O3. The first-order valence-corrected chi connectivity index (χ1v) is 8.43. The summed E-state index contributed by atoms with van der Waals surface area (Å²) in [7, 11) is 0. The Morgan fingerprint density at radius 2 is 1.81 bits per heavy atom. The van der Waals surface area contributed by atoms with Crippen molar-refractivity contribution in [3.8, 4) is 11.5 Å². The molecule has 0 aliphatic carbocycles. The van der Waals surface area contributed by atoms with E-state index in [0.717, 1.165) is 11.6 Å². The zero-order chi connectivity index (χ0) is 19.4. The van der Waals surface area contributed by atoms with Crippen LogP contribution in [0.5, 0.6) is 11.5 Å². The van der Waals surface area contributed by atoms with E-state index < -0.39 is 17.6 Å². The topological polar surface area (TPSA) is 59.6 Å². The zero-order valence-corrected chi connectivity index (χ0v) is 14.6. The van der Waals surface area contributed by atoms with E-state index in [1.54, 1.807) is 6.07 Å². The van der Waals surface area contributed by atoms with E-state index in [2.05, 4.69) is 10.6 Å². The van der Waals surface area contributed by atoms with Gasteiger partial charge in [0.1, 0.15) is 13.2 Å². The number of anilines is 1. The highest BCUT2D eigenvalue weighted by molar-refractivity contribution is 5.93. The third-order valence-electron chi connectivity index (χ3n) is 4.14. The maximum absolute atomic E-state index is 13.0. The molecule has 1 atom stereocenters. The van der Waals surface area contributed by atoms with Crippen molar-refractivity contribution in [2.75, 3.05) is 25.1 Å². The molecule has 0 radical (unpaired) electrons. The molecule has 1 aliphatic heterocycles. The molecule has 2 aromatic carbocycles. The fourth-order valence-corrected chi connectivity index (χ4v) is 2.73. The van der Waals surface area contributed by atoms with Crippen LogP contribution in [0.1, 0.15) is 24.1 Å². The highest BCUT2D eigenvalue weighted by Crippen LogP contribution is 2.35. The number of hydrogen-bond donors (Lipinski definition) is 2. The third kappa shape index (κ3) is 4.71. The summed E-state index contributed by atoms with van der Waals surface area (Å²) in [4.78, 5) is 12.1. The smallest absolute Gasteiger partial charge is 0.418 e. The van der Waals surface area contributed by atoms with Crippen LogP contribution in [0, 0.1) is 0 Å². The van der Waals surface area contributed by atoms with E-state index in [4.69, 9.17) is 9.47 Å². The molecular weight excluding hydrogens is 361 g/mol. The molecule has 1 amide bonds. The summed E-state index contributed by atoms with van der Waals surface area (Å²) in [6, 6.07) is 10.1. The van der Waals surface area contributed by atoms with Crippen LogP contribution in [0.3, 0.4) is 0 Å². The highest BCUT2D eigenvalue weighted by atomic mass is 19.4. The van der Waals surface area contributed by atoms with Crippen molar-refractivity contribution in [2.24, 2.45) is 0 Å². The number of carbonyl (C=O) groups is 1. The lowest BCUT2D eigenvalue weighted by Gasteiger charge is -2.21. The number of nitrogens with one attached hydrogen (secondary N) is 2. The number of fused-ring (bicyclic) bond motifs is 1. The van der Waals surface area contributed by atoms with Crippen LogP contribution in [0.2, 0.25) is 0 Å². The van der Waals surface area contributed by atoms with Gasteiger partial charge in [-0.3, -0.25) is 4.79 Å². The van der Waals surface area contributed by atoms with Gasteiger partial charge in [0.2, 0.25) is 5.91 Å². The Balaban J connectivity index is 1.60. The molecule has 1 aliphatic rings. The Kier molecular flexibility index (Phi) is 5.55. The Labute approximate surface area is 154 Å². The molecule has 0 bridgehead atoms. The molecule has 144 valence electrons. The van der Waals surface area contributed by atoms with Crippen LogP contribution in [0.4, 0.5) is 18.9 Å². The van der Waals surface area contributed by atoms with Gasteiger partial charge in [0.25, 0.3) is 0 Å². The fraction of sp³-hybridized carbons (Fsp3) is 0.316. The number of para-hydroxylation sites is 1. The van der Waals surface area contributed by atoms with Gasteiger partial charge in [0.15, 0.2) is 11.5 Å². The Morgan fingerprint density at radius 3 is 2.56 bits per heavy atom. The monoisotopic (exact) mass is 380 g/mol. The van der Waals surface area contributed by atoms with Crippen molar-refractivity contribution in [1.29, 1.82) is 0 Å². The second kappa shape index (κ2) is 7.87. The van der Waals surface area contributed by atoms with Crippen molar-refractivity contribution in [2.45, 2.75) is 19.1 Å². The molecule has 0 aromatic heterocycles. The molecule has 0 unspecified atom stereocenters. The summed E-state index contributed by atoms with van der Waals surface area (Å²) in [5, 5.41) is 5.30. The number of carbonyl (C=O) groups excluding carboxylic acids is 1. The van der Waals surface area contributed by atoms with Gasteiger partial charge in [-0.1, -0.05) is 18.2 Å². The average molecular weight is 380 g/mol. The first-order valence-electron chi connectivity index (χ1n) is 8.43. The normalized spacial score (nSPS) is 14.5. The second-order valence-electron chi connectivity index (χ2n) is 6.10.